The van der Waals surface area contributed by atoms with Crippen LogP contribution >= 0.6 is 0 Å². The highest BCUT2D eigenvalue weighted by Crippen LogP contribution is 2.35. The summed E-state index contributed by atoms with van der Waals surface area (Å²) in [7, 11) is 0. The van der Waals surface area contributed by atoms with Crippen molar-refractivity contribution in [3.8, 4) is 0 Å². The molecule has 0 saturated heterocycles. The minimum absolute atomic E-state index is 0.0214. The largest absolute Gasteiger partial charge is 0.478 e. The maximum Gasteiger partial charge on any atom is 0.335 e. The van der Waals surface area contributed by atoms with Gasteiger partial charge in [0.25, 0.3) is 5.91 Å². The van der Waals surface area contributed by atoms with Gasteiger partial charge in [-0.15, -0.1) is 0 Å². The summed E-state index contributed by atoms with van der Waals surface area (Å²) in [5.74, 6) is -3.35. The predicted octanol–water partition coefficient (Wildman–Crippen LogP) is 6.28. The number of carbonyl (C=O) groups is 2. The SMILES string of the molecule is CCc1cc(C(=O)O)cc2c1c(C(=O)NCc1ccc(F)c(F)c1)c(C(C)C)n2Cc1ccccc1. The molecule has 0 atom stereocenters. The van der Waals surface area contributed by atoms with Gasteiger partial charge in [0, 0.05) is 24.2 Å². The van der Waals surface area contributed by atoms with Crippen LogP contribution in [0.15, 0.2) is 60.7 Å². The van der Waals surface area contributed by atoms with Crippen molar-refractivity contribution in [2.24, 2.45) is 0 Å². The van der Waals surface area contributed by atoms with Gasteiger partial charge >= 0.3 is 5.97 Å². The molecule has 0 saturated carbocycles. The number of rotatable bonds is 8. The number of carbonyl (C=O) groups excluding carboxylic acids is 1. The molecular weight excluding hydrogens is 462 g/mol. The molecular formula is C29H28F2N2O3. The number of aromatic nitrogens is 1. The molecule has 0 aliphatic carbocycles. The van der Waals surface area contributed by atoms with Gasteiger partial charge in [0.1, 0.15) is 0 Å². The van der Waals surface area contributed by atoms with E-state index in [1.165, 1.54) is 6.07 Å². The predicted molar refractivity (Wildman–Crippen MR) is 135 cm³/mol. The van der Waals surface area contributed by atoms with Crippen LogP contribution in [0.2, 0.25) is 0 Å². The molecule has 1 aromatic heterocycles. The highest BCUT2D eigenvalue weighted by molar-refractivity contribution is 6.11. The lowest BCUT2D eigenvalue weighted by Crippen LogP contribution is -2.25. The Kier molecular flexibility index (Phi) is 7.20. The van der Waals surface area contributed by atoms with E-state index in [2.05, 4.69) is 5.32 Å². The Bertz CT molecular complexity index is 1440. The van der Waals surface area contributed by atoms with Crippen LogP contribution in [0.3, 0.4) is 0 Å². The molecule has 0 aliphatic heterocycles. The second-order valence-electron chi connectivity index (χ2n) is 9.11. The highest BCUT2D eigenvalue weighted by Gasteiger charge is 2.27. The minimum Gasteiger partial charge on any atom is -0.478 e. The van der Waals surface area contributed by atoms with E-state index in [1.807, 2.05) is 55.7 Å². The fourth-order valence-corrected chi connectivity index (χ4v) is 4.67. The van der Waals surface area contributed by atoms with Crippen molar-refractivity contribution in [1.29, 1.82) is 0 Å². The number of hydrogen-bond acceptors (Lipinski definition) is 2. The summed E-state index contributed by atoms with van der Waals surface area (Å²) in [6.45, 7) is 6.39. The first-order valence-corrected chi connectivity index (χ1v) is 11.9. The molecule has 0 aliphatic rings. The second kappa shape index (κ2) is 10.3. The minimum atomic E-state index is -1.03. The highest BCUT2D eigenvalue weighted by atomic mass is 19.2. The average Bonchev–Trinajstić information content (AvgIpc) is 3.19. The Hall–Kier alpha value is -4.00. The smallest absolute Gasteiger partial charge is 0.335 e. The van der Waals surface area contributed by atoms with Crippen molar-refractivity contribution in [2.75, 3.05) is 0 Å². The molecule has 0 unspecified atom stereocenters. The first kappa shape index (κ1) is 25.1. The van der Waals surface area contributed by atoms with Gasteiger partial charge in [-0.3, -0.25) is 4.79 Å². The van der Waals surface area contributed by atoms with Crippen molar-refractivity contribution in [2.45, 2.75) is 46.2 Å². The van der Waals surface area contributed by atoms with E-state index in [9.17, 15) is 23.5 Å². The van der Waals surface area contributed by atoms with Gasteiger partial charge in [0.2, 0.25) is 0 Å². The van der Waals surface area contributed by atoms with E-state index >= 15 is 0 Å². The Morgan fingerprint density at radius 1 is 0.972 bits per heavy atom. The van der Waals surface area contributed by atoms with Crippen LogP contribution < -0.4 is 5.32 Å². The van der Waals surface area contributed by atoms with Gasteiger partial charge in [-0.1, -0.05) is 57.2 Å². The molecule has 4 aromatic rings. The Morgan fingerprint density at radius 2 is 1.69 bits per heavy atom. The maximum absolute atomic E-state index is 13.7. The summed E-state index contributed by atoms with van der Waals surface area (Å²) in [4.78, 5) is 25.6. The van der Waals surface area contributed by atoms with E-state index in [0.717, 1.165) is 29.0 Å². The van der Waals surface area contributed by atoms with E-state index < -0.39 is 17.6 Å². The number of benzene rings is 3. The molecule has 0 fully saturated rings. The second-order valence-corrected chi connectivity index (χ2v) is 9.11. The van der Waals surface area contributed by atoms with Gasteiger partial charge in [0.05, 0.1) is 16.6 Å². The monoisotopic (exact) mass is 490 g/mol. The van der Waals surface area contributed by atoms with Crippen molar-refractivity contribution in [3.63, 3.8) is 0 Å². The Morgan fingerprint density at radius 3 is 2.31 bits per heavy atom. The van der Waals surface area contributed by atoms with Gasteiger partial charge in [-0.05, 0) is 53.3 Å². The Balaban J connectivity index is 1.89. The first-order chi connectivity index (χ1) is 17.2. The molecule has 0 bridgehead atoms. The zero-order valence-electron chi connectivity index (χ0n) is 20.4. The number of halogens is 2. The summed E-state index contributed by atoms with van der Waals surface area (Å²) in [6.07, 6.45) is 0.536. The third-order valence-corrected chi connectivity index (χ3v) is 6.31. The fourth-order valence-electron chi connectivity index (χ4n) is 4.67. The molecule has 186 valence electrons. The summed E-state index contributed by atoms with van der Waals surface area (Å²) in [5, 5.41) is 13.3. The standard InChI is InChI=1S/C29H28F2N2O3/c1-4-20-13-21(29(35)36)14-24-25(20)26(28(34)32-15-19-10-11-22(30)23(31)12-19)27(17(2)3)33(24)16-18-8-6-5-7-9-18/h5-14,17H,4,15-16H2,1-3H3,(H,32,34)(H,35,36). The summed E-state index contributed by atoms with van der Waals surface area (Å²) in [6, 6.07) is 16.5. The molecule has 2 N–H and O–H groups in total. The lowest BCUT2D eigenvalue weighted by Gasteiger charge is -2.16. The van der Waals surface area contributed by atoms with E-state index in [1.54, 1.807) is 12.1 Å². The van der Waals surface area contributed by atoms with Gasteiger partial charge in [-0.25, -0.2) is 13.6 Å². The lowest BCUT2D eigenvalue weighted by atomic mass is 9.97. The number of aromatic carboxylic acids is 1. The number of amides is 1. The molecule has 1 heterocycles. The van der Waals surface area contributed by atoms with Crippen molar-refractivity contribution in [3.05, 3.63) is 106 Å². The zero-order valence-corrected chi connectivity index (χ0v) is 20.4. The molecule has 3 aromatic carbocycles. The summed E-state index contributed by atoms with van der Waals surface area (Å²) in [5.41, 5.74) is 4.32. The molecule has 0 radical (unpaired) electrons. The van der Waals surface area contributed by atoms with E-state index in [4.69, 9.17) is 0 Å². The normalized spacial score (nSPS) is 11.3. The zero-order chi connectivity index (χ0) is 26.0. The third-order valence-electron chi connectivity index (χ3n) is 6.31. The number of aryl methyl sites for hydroxylation is 1. The number of nitrogens with zero attached hydrogens (tertiary/aromatic N) is 1. The van der Waals surface area contributed by atoms with Crippen LogP contribution in [0.5, 0.6) is 0 Å². The molecule has 0 spiro atoms. The maximum atomic E-state index is 13.7. The molecule has 1 amide bonds. The average molecular weight is 491 g/mol. The molecule has 7 heteroatoms. The van der Waals surface area contributed by atoms with Crippen molar-refractivity contribution < 1.29 is 23.5 Å². The van der Waals surface area contributed by atoms with Crippen LogP contribution in [0.4, 0.5) is 8.78 Å². The van der Waals surface area contributed by atoms with Crippen LogP contribution in [-0.2, 0) is 19.5 Å². The van der Waals surface area contributed by atoms with Gasteiger partial charge < -0.3 is 15.0 Å². The summed E-state index contributed by atoms with van der Waals surface area (Å²) >= 11 is 0. The van der Waals surface area contributed by atoms with Crippen LogP contribution in [0.25, 0.3) is 10.9 Å². The van der Waals surface area contributed by atoms with Crippen molar-refractivity contribution in [1.82, 2.24) is 9.88 Å². The number of fused-ring (bicyclic) bond motifs is 1. The Labute approximate surface area is 208 Å². The first-order valence-electron chi connectivity index (χ1n) is 11.9. The van der Waals surface area contributed by atoms with Crippen LogP contribution in [0.1, 0.15) is 69.8 Å². The molecule has 5 nitrogen and oxygen atoms in total. The number of hydrogen-bond donors (Lipinski definition) is 2. The van der Waals surface area contributed by atoms with Gasteiger partial charge in [0.15, 0.2) is 11.6 Å². The van der Waals surface area contributed by atoms with Gasteiger partial charge in [-0.2, -0.15) is 0 Å². The quantitative estimate of drug-likeness (QED) is 0.305. The van der Waals surface area contributed by atoms with Crippen LogP contribution in [-0.4, -0.2) is 21.6 Å². The number of carboxylic acids is 1. The summed E-state index contributed by atoms with van der Waals surface area (Å²) < 4.78 is 29.0. The third kappa shape index (κ3) is 4.87. The topological polar surface area (TPSA) is 71.3 Å². The fraction of sp³-hybridized carbons (Fsp3) is 0.241. The lowest BCUT2D eigenvalue weighted by molar-refractivity contribution is 0.0696. The molecule has 36 heavy (non-hydrogen) atoms. The number of carboxylic acid groups (broad SMARTS) is 1. The molecule has 4 rings (SSSR count). The number of nitrogens with one attached hydrogen (secondary N) is 1. The van der Waals surface area contributed by atoms with E-state index in [-0.39, 0.29) is 23.9 Å². The van der Waals surface area contributed by atoms with Crippen molar-refractivity contribution >= 4 is 22.8 Å². The van der Waals surface area contributed by atoms with E-state index in [0.29, 0.717) is 35.0 Å². The van der Waals surface area contributed by atoms with Crippen LogP contribution in [0, 0.1) is 11.6 Å².